The zero-order valence-corrected chi connectivity index (χ0v) is 10.9. The molecule has 1 aliphatic heterocycles. The van der Waals surface area contributed by atoms with Gasteiger partial charge in [-0.3, -0.25) is 4.90 Å². The number of hydrogen-bond donors (Lipinski definition) is 1. The van der Waals surface area contributed by atoms with E-state index in [0.29, 0.717) is 6.61 Å². The molecule has 1 fully saturated rings. The molecule has 1 saturated heterocycles. The summed E-state index contributed by atoms with van der Waals surface area (Å²) < 4.78 is 5.40. The van der Waals surface area contributed by atoms with Gasteiger partial charge >= 0.3 is 0 Å². The second kappa shape index (κ2) is 7.05. The molecule has 0 bridgehead atoms. The fourth-order valence-electron chi connectivity index (χ4n) is 1.92. The number of hydrogen-bond acceptors (Lipinski definition) is 3. The molecule has 2 rings (SSSR count). The zero-order valence-electron chi connectivity index (χ0n) is 10.9. The highest BCUT2D eigenvalue weighted by molar-refractivity contribution is 5.38. The van der Waals surface area contributed by atoms with Crippen LogP contribution >= 0.6 is 0 Å². The Kier molecular flexibility index (Phi) is 5.07. The van der Waals surface area contributed by atoms with Gasteiger partial charge in [0.15, 0.2) is 0 Å². The Balaban J connectivity index is 1.84. The Morgan fingerprint density at radius 3 is 2.61 bits per heavy atom. The van der Waals surface area contributed by atoms with Gasteiger partial charge in [-0.05, 0) is 31.2 Å². The van der Waals surface area contributed by atoms with Crippen LogP contribution in [0.15, 0.2) is 24.3 Å². The van der Waals surface area contributed by atoms with E-state index in [-0.39, 0.29) is 0 Å². The molecule has 0 unspecified atom stereocenters. The maximum atomic E-state index is 5.40. The molecule has 18 heavy (non-hydrogen) atoms. The lowest BCUT2D eigenvalue weighted by molar-refractivity contribution is 0.268. The van der Waals surface area contributed by atoms with Crippen LogP contribution in [-0.4, -0.2) is 44.2 Å². The molecule has 1 aromatic carbocycles. The first kappa shape index (κ1) is 12.9. The summed E-state index contributed by atoms with van der Waals surface area (Å²) in [6.45, 7) is 7.88. The van der Waals surface area contributed by atoms with Crippen molar-refractivity contribution >= 4 is 0 Å². The first-order valence-electron chi connectivity index (χ1n) is 6.53. The second-order valence-electron chi connectivity index (χ2n) is 4.29. The smallest absolute Gasteiger partial charge is 0.119 e. The van der Waals surface area contributed by atoms with E-state index >= 15 is 0 Å². The Bertz CT molecular complexity index is 410. The van der Waals surface area contributed by atoms with Crippen LogP contribution in [0.25, 0.3) is 0 Å². The predicted octanol–water partition coefficient (Wildman–Crippen LogP) is 1.34. The molecule has 0 atom stereocenters. The van der Waals surface area contributed by atoms with Gasteiger partial charge in [-0.15, -0.1) is 0 Å². The van der Waals surface area contributed by atoms with E-state index in [1.165, 1.54) is 0 Å². The molecule has 1 aromatic rings. The Labute approximate surface area is 109 Å². The van der Waals surface area contributed by atoms with Crippen molar-refractivity contribution in [3.05, 3.63) is 29.8 Å². The van der Waals surface area contributed by atoms with Gasteiger partial charge in [0, 0.05) is 31.7 Å². The van der Waals surface area contributed by atoms with E-state index in [2.05, 4.69) is 22.1 Å². The number of nitrogens with one attached hydrogen (secondary N) is 1. The van der Waals surface area contributed by atoms with Crippen molar-refractivity contribution in [3.63, 3.8) is 0 Å². The van der Waals surface area contributed by atoms with E-state index in [4.69, 9.17) is 4.74 Å². The fraction of sp³-hybridized carbons (Fsp3) is 0.467. The third-order valence-electron chi connectivity index (χ3n) is 2.91. The topological polar surface area (TPSA) is 24.5 Å². The monoisotopic (exact) mass is 244 g/mol. The lowest BCUT2D eigenvalue weighted by Gasteiger charge is -2.24. The molecule has 3 nitrogen and oxygen atoms in total. The minimum atomic E-state index is 0.702. The van der Waals surface area contributed by atoms with Gasteiger partial charge in [-0.1, -0.05) is 11.8 Å². The van der Waals surface area contributed by atoms with Gasteiger partial charge in [0.25, 0.3) is 0 Å². The minimum Gasteiger partial charge on any atom is -0.494 e. The SMILES string of the molecule is CCOc1ccc(C#CCN2CCNCC2)cc1. The van der Waals surface area contributed by atoms with Crippen molar-refractivity contribution in [2.75, 3.05) is 39.3 Å². The third kappa shape index (κ3) is 4.06. The van der Waals surface area contributed by atoms with Crippen molar-refractivity contribution in [3.8, 4) is 17.6 Å². The van der Waals surface area contributed by atoms with Gasteiger partial charge in [0.2, 0.25) is 0 Å². The molecular formula is C15H20N2O. The molecule has 96 valence electrons. The van der Waals surface area contributed by atoms with E-state index in [1.807, 2.05) is 31.2 Å². The maximum absolute atomic E-state index is 5.40. The molecule has 0 saturated carbocycles. The van der Waals surface area contributed by atoms with Crippen LogP contribution in [0.1, 0.15) is 12.5 Å². The maximum Gasteiger partial charge on any atom is 0.119 e. The predicted molar refractivity (Wildman–Crippen MR) is 73.8 cm³/mol. The molecule has 0 aromatic heterocycles. The molecule has 0 amide bonds. The lowest BCUT2D eigenvalue weighted by Crippen LogP contribution is -2.43. The Morgan fingerprint density at radius 1 is 1.22 bits per heavy atom. The number of rotatable bonds is 3. The first-order chi connectivity index (χ1) is 8.88. The zero-order chi connectivity index (χ0) is 12.6. The van der Waals surface area contributed by atoms with E-state index in [1.54, 1.807) is 0 Å². The highest BCUT2D eigenvalue weighted by atomic mass is 16.5. The Hall–Kier alpha value is -1.50. The summed E-state index contributed by atoms with van der Waals surface area (Å²) >= 11 is 0. The van der Waals surface area contributed by atoms with Crippen LogP contribution in [0.5, 0.6) is 5.75 Å². The summed E-state index contributed by atoms with van der Waals surface area (Å²) in [7, 11) is 0. The minimum absolute atomic E-state index is 0.702. The van der Waals surface area contributed by atoms with Gasteiger partial charge in [-0.2, -0.15) is 0 Å². The van der Waals surface area contributed by atoms with Crippen molar-refractivity contribution in [1.29, 1.82) is 0 Å². The quantitative estimate of drug-likeness (QED) is 0.812. The molecule has 0 radical (unpaired) electrons. The summed E-state index contributed by atoms with van der Waals surface area (Å²) in [5, 5.41) is 3.34. The average Bonchev–Trinajstić information content (AvgIpc) is 2.42. The van der Waals surface area contributed by atoms with Crippen LogP contribution < -0.4 is 10.1 Å². The van der Waals surface area contributed by atoms with Crippen LogP contribution in [0.3, 0.4) is 0 Å². The number of ether oxygens (including phenoxy) is 1. The molecular weight excluding hydrogens is 224 g/mol. The van der Waals surface area contributed by atoms with Crippen LogP contribution in [-0.2, 0) is 0 Å². The lowest BCUT2D eigenvalue weighted by atomic mass is 10.2. The highest BCUT2D eigenvalue weighted by Crippen LogP contribution is 2.11. The summed E-state index contributed by atoms with van der Waals surface area (Å²) in [6.07, 6.45) is 0. The van der Waals surface area contributed by atoms with Crippen molar-refractivity contribution < 1.29 is 4.74 Å². The van der Waals surface area contributed by atoms with E-state index in [9.17, 15) is 0 Å². The molecule has 1 N–H and O–H groups in total. The number of piperazine rings is 1. The van der Waals surface area contributed by atoms with Gasteiger partial charge in [0.1, 0.15) is 5.75 Å². The van der Waals surface area contributed by atoms with Crippen molar-refractivity contribution in [1.82, 2.24) is 10.2 Å². The summed E-state index contributed by atoms with van der Waals surface area (Å²) in [5.74, 6) is 7.33. The second-order valence-corrected chi connectivity index (χ2v) is 4.29. The van der Waals surface area contributed by atoms with Crippen molar-refractivity contribution in [2.45, 2.75) is 6.92 Å². The van der Waals surface area contributed by atoms with Gasteiger partial charge in [0.05, 0.1) is 13.2 Å². The number of benzene rings is 1. The summed E-state index contributed by atoms with van der Waals surface area (Å²) in [5.41, 5.74) is 1.05. The summed E-state index contributed by atoms with van der Waals surface area (Å²) in [6, 6.07) is 7.96. The molecule has 1 aliphatic rings. The van der Waals surface area contributed by atoms with Crippen LogP contribution in [0, 0.1) is 11.8 Å². The van der Waals surface area contributed by atoms with Gasteiger partial charge in [-0.25, -0.2) is 0 Å². The third-order valence-corrected chi connectivity index (χ3v) is 2.91. The largest absolute Gasteiger partial charge is 0.494 e. The van der Waals surface area contributed by atoms with E-state index in [0.717, 1.165) is 44.0 Å². The fourth-order valence-corrected chi connectivity index (χ4v) is 1.92. The molecule has 3 heteroatoms. The summed E-state index contributed by atoms with van der Waals surface area (Å²) in [4.78, 5) is 2.37. The molecule has 1 heterocycles. The van der Waals surface area contributed by atoms with Crippen molar-refractivity contribution in [2.24, 2.45) is 0 Å². The highest BCUT2D eigenvalue weighted by Gasteiger charge is 2.06. The first-order valence-corrected chi connectivity index (χ1v) is 6.53. The van der Waals surface area contributed by atoms with Gasteiger partial charge < -0.3 is 10.1 Å². The standard InChI is InChI=1S/C15H20N2O/c1-2-18-15-7-5-14(6-8-15)4-3-11-17-12-9-16-10-13-17/h5-8,16H,2,9-13H2,1H3. The Morgan fingerprint density at radius 2 is 1.94 bits per heavy atom. The molecule has 0 aliphatic carbocycles. The van der Waals surface area contributed by atoms with E-state index < -0.39 is 0 Å². The van der Waals surface area contributed by atoms with Crippen LogP contribution in [0.4, 0.5) is 0 Å². The number of nitrogens with zero attached hydrogens (tertiary/aromatic N) is 1. The molecule has 0 spiro atoms. The average molecular weight is 244 g/mol. The normalized spacial score (nSPS) is 15.8. The van der Waals surface area contributed by atoms with Crippen LogP contribution in [0.2, 0.25) is 0 Å².